The lowest BCUT2D eigenvalue weighted by Gasteiger charge is -2.27. The van der Waals surface area contributed by atoms with Crippen LogP contribution in [0.4, 0.5) is 0 Å². The van der Waals surface area contributed by atoms with Crippen molar-refractivity contribution in [2.45, 2.75) is 26.2 Å². The van der Waals surface area contributed by atoms with Gasteiger partial charge in [-0.15, -0.1) is 10.2 Å². The molecule has 0 aromatic carbocycles. The van der Waals surface area contributed by atoms with Crippen LogP contribution in [0.3, 0.4) is 0 Å². The standard InChI is InChI=1S/C10H14N4/c1-8(2)10(3)6-11-4-5-14-7-12-13-9(10)14/h4-8H,1-3H3. The molecule has 1 atom stereocenters. The van der Waals surface area contributed by atoms with Gasteiger partial charge in [-0.3, -0.25) is 9.56 Å². The van der Waals surface area contributed by atoms with Crippen LogP contribution in [0.1, 0.15) is 26.6 Å². The van der Waals surface area contributed by atoms with Crippen molar-refractivity contribution in [2.75, 3.05) is 0 Å². The molecular weight excluding hydrogens is 176 g/mol. The molecule has 2 heterocycles. The minimum absolute atomic E-state index is 0.139. The van der Waals surface area contributed by atoms with Gasteiger partial charge in [-0.05, 0) is 12.8 Å². The predicted octanol–water partition coefficient (Wildman–Crippen LogP) is 1.70. The third-order valence-corrected chi connectivity index (χ3v) is 2.91. The number of hydrogen-bond donors (Lipinski definition) is 0. The smallest absolute Gasteiger partial charge is 0.148 e. The van der Waals surface area contributed by atoms with Crippen LogP contribution in [-0.2, 0) is 5.41 Å². The normalized spacial score (nSPS) is 25.1. The molecule has 14 heavy (non-hydrogen) atoms. The van der Waals surface area contributed by atoms with Crippen LogP contribution in [-0.4, -0.2) is 21.0 Å². The zero-order chi connectivity index (χ0) is 10.2. The summed E-state index contributed by atoms with van der Waals surface area (Å²) >= 11 is 0. The summed E-state index contributed by atoms with van der Waals surface area (Å²) in [5, 5.41) is 8.09. The highest BCUT2D eigenvalue weighted by molar-refractivity contribution is 5.74. The Kier molecular flexibility index (Phi) is 1.98. The van der Waals surface area contributed by atoms with Crippen molar-refractivity contribution in [3.05, 3.63) is 18.4 Å². The van der Waals surface area contributed by atoms with E-state index in [2.05, 4.69) is 36.0 Å². The fraction of sp³-hybridized carbons (Fsp3) is 0.500. The van der Waals surface area contributed by atoms with Gasteiger partial charge in [0, 0.05) is 18.6 Å². The largest absolute Gasteiger partial charge is 0.290 e. The van der Waals surface area contributed by atoms with Crippen LogP contribution < -0.4 is 0 Å². The van der Waals surface area contributed by atoms with E-state index >= 15 is 0 Å². The summed E-state index contributed by atoms with van der Waals surface area (Å²) in [4.78, 5) is 4.24. The molecule has 1 aliphatic rings. The number of aliphatic imine (C=N–C) groups is 1. The summed E-state index contributed by atoms with van der Waals surface area (Å²) in [6, 6.07) is 0. The molecule has 0 bridgehead atoms. The van der Waals surface area contributed by atoms with E-state index < -0.39 is 0 Å². The van der Waals surface area contributed by atoms with Gasteiger partial charge in [0.2, 0.25) is 0 Å². The maximum absolute atomic E-state index is 4.24. The molecule has 0 aliphatic carbocycles. The van der Waals surface area contributed by atoms with Gasteiger partial charge >= 0.3 is 0 Å². The van der Waals surface area contributed by atoms with Gasteiger partial charge in [0.25, 0.3) is 0 Å². The third-order valence-electron chi connectivity index (χ3n) is 2.91. The number of rotatable bonds is 1. The summed E-state index contributed by atoms with van der Waals surface area (Å²) in [7, 11) is 0. The molecule has 4 nitrogen and oxygen atoms in total. The minimum Gasteiger partial charge on any atom is -0.290 e. The molecular formula is C10H14N4. The van der Waals surface area contributed by atoms with Crippen molar-refractivity contribution in [2.24, 2.45) is 10.9 Å². The summed E-state index contributed by atoms with van der Waals surface area (Å²) < 4.78 is 1.92. The molecule has 0 N–H and O–H groups in total. The van der Waals surface area contributed by atoms with Crippen molar-refractivity contribution in [1.82, 2.24) is 14.8 Å². The Hall–Kier alpha value is -1.45. The first-order valence-corrected chi connectivity index (χ1v) is 4.75. The molecule has 0 saturated heterocycles. The van der Waals surface area contributed by atoms with Crippen molar-refractivity contribution in [1.29, 1.82) is 0 Å². The molecule has 0 radical (unpaired) electrons. The summed E-state index contributed by atoms with van der Waals surface area (Å²) in [5.74, 6) is 1.39. The molecule has 0 amide bonds. The van der Waals surface area contributed by atoms with E-state index in [0.717, 1.165) is 5.82 Å². The molecule has 0 spiro atoms. The second kappa shape index (κ2) is 3.04. The van der Waals surface area contributed by atoms with Crippen LogP contribution in [0.2, 0.25) is 0 Å². The number of aromatic nitrogens is 3. The van der Waals surface area contributed by atoms with Gasteiger partial charge in [-0.1, -0.05) is 13.8 Å². The first-order valence-electron chi connectivity index (χ1n) is 4.75. The second-order valence-corrected chi connectivity index (χ2v) is 4.08. The van der Waals surface area contributed by atoms with Crippen LogP contribution >= 0.6 is 0 Å². The average molecular weight is 190 g/mol. The lowest BCUT2D eigenvalue weighted by atomic mass is 9.79. The number of fused-ring (bicyclic) bond motifs is 1. The highest BCUT2D eigenvalue weighted by Crippen LogP contribution is 2.29. The van der Waals surface area contributed by atoms with Crippen molar-refractivity contribution < 1.29 is 0 Å². The van der Waals surface area contributed by atoms with E-state index in [1.165, 1.54) is 0 Å². The molecule has 1 unspecified atom stereocenters. The molecule has 0 saturated carbocycles. The van der Waals surface area contributed by atoms with Gasteiger partial charge in [0.05, 0.1) is 5.41 Å². The van der Waals surface area contributed by atoms with Crippen molar-refractivity contribution >= 4 is 12.4 Å². The van der Waals surface area contributed by atoms with E-state index in [1.807, 2.05) is 17.0 Å². The van der Waals surface area contributed by atoms with Crippen LogP contribution in [0.5, 0.6) is 0 Å². The topological polar surface area (TPSA) is 43.1 Å². The Labute approximate surface area is 83.4 Å². The summed E-state index contributed by atoms with van der Waals surface area (Å²) in [6.45, 7) is 6.46. The molecule has 74 valence electrons. The highest BCUT2D eigenvalue weighted by atomic mass is 15.3. The monoisotopic (exact) mass is 190 g/mol. The van der Waals surface area contributed by atoms with Gasteiger partial charge in [0.15, 0.2) is 0 Å². The van der Waals surface area contributed by atoms with E-state index in [1.54, 1.807) is 12.5 Å². The Bertz CT molecular complexity index is 389. The SMILES string of the molecule is CC(C)C1(C)C=NC=Cn2cnnc21. The van der Waals surface area contributed by atoms with Gasteiger partial charge in [-0.25, -0.2) is 0 Å². The first kappa shape index (κ1) is 9.12. The summed E-state index contributed by atoms with van der Waals surface area (Å²) in [6.07, 6.45) is 7.29. The Morgan fingerprint density at radius 2 is 2.21 bits per heavy atom. The lowest BCUT2D eigenvalue weighted by molar-refractivity contribution is 0.432. The average Bonchev–Trinajstić information content (AvgIpc) is 2.54. The van der Waals surface area contributed by atoms with E-state index in [4.69, 9.17) is 0 Å². The molecule has 1 aromatic rings. The zero-order valence-corrected chi connectivity index (χ0v) is 8.68. The molecule has 0 fully saturated rings. The molecule has 1 aliphatic heterocycles. The Balaban J connectivity index is 2.58. The van der Waals surface area contributed by atoms with Gasteiger partial charge in [-0.2, -0.15) is 0 Å². The highest BCUT2D eigenvalue weighted by Gasteiger charge is 2.34. The fourth-order valence-electron chi connectivity index (χ4n) is 1.51. The van der Waals surface area contributed by atoms with Crippen LogP contribution in [0.15, 0.2) is 17.5 Å². The van der Waals surface area contributed by atoms with Gasteiger partial charge < -0.3 is 0 Å². The predicted molar refractivity (Wildman–Crippen MR) is 56.0 cm³/mol. The number of nitrogens with zero attached hydrogens (tertiary/aromatic N) is 4. The maximum Gasteiger partial charge on any atom is 0.148 e. The third kappa shape index (κ3) is 1.18. The maximum atomic E-state index is 4.24. The molecule has 4 heteroatoms. The zero-order valence-electron chi connectivity index (χ0n) is 8.68. The Morgan fingerprint density at radius 3 is 2.93 bits per heavy atom. The van der Waals surface area contributed by atoms with E-state index in [-0.39, 0.29) is 5.41 Å². The van der Waals surface area contributed by atoms with Gasteiger partial charge in [0.1, 0.15) is 12.2 Å². The second-order valence-electron chi connectivity index (χ2n) is 4.08. The fourth-order valence-corrected chi connectivity index (χ4v) is 1.51. The first-order chi connectivity index (χ1) is 6.64. The van der Waals surface area contributed by atoms with E-state index in [0.29, 0.717) is 5.92 Å². The quantitative estimate of drug-likeness (QED) is 0.676. The lowest BCUT2D eigenvalue weighted by Crippen LogP contribution is -2.32. The van der Waals surface area contributed by atoms with Crippen molar-refractivity contribution in [3.63, 3.8) is 0 Å². The van der Waals surface area contributed by atoms with Crippen LogP contribution in [0.25, 0.3) is 6.20 Å². The van der Waals surface area contributed by atoms with Crippen LogP contribution in [0, 0.1) is 5.92 Å². The number of hydrogen-bond acceptors (Lipinski definition) is 3. The molecule has 2 rings (SSSR count). The van der Waals surface area contributed by atoms with Crippen molar-refractivity contribution in [3.8, 4) is 0 Å². The minimum atomic E-state index is -0.139. The molecule has 1 aromatic heterocycles. The van der Waals surface area contributed by atoms with E-state index in [9.17, 15) is 0 Å². The summed E-state index contributed by atoms with van der Waals surface area (Å²) in [5.41, 5.74) is -0.139. The Morgan fingerprint density at radius 1 is 1.43 bits per heavy atom.